The molecule has 0 fully saturated rings. The topological polar surface area (TPSA) is 0 Å². The summed E-state index contributed by atoms with van der Waals surface area (Å²) in [4.78, 5) is 2.63. The van der Waals surface area contributed by atoms with Crippen molar-refractivity contribution >= 4 is 22.1 Å². The molecule has 0 aliphatic carbocycles. The molecule has 36 heavy (non-hydrogen) atoms. The first-order valence-electron chi connectivity index (χ1n) is 12.4. The van der Waals surface area contributed by atoms with Crippen molar-refractivity contribution in [2.75, 3.05) is 0 Å². The molecule has 0 bridgehead atoms. The maximum absolute atomic E-state index is 2.35. The van der Waals surface area contributed by atoms with Crippen LogP contribution in [-0.4, -0.2) is 0 Å². The van der Waals surface area contributed by atoms with Crippen molar-refractivity contribution in [1.82, 2.24) is 0 Å². The summed E-state index contributed by atoms with van der Waals surface area (Å²) >= 11 is 1.90. The van der Waals surface area contributed by atoms with Crippen LogP contribution >= 0.6 is 11.3 Å². The third kappa shape index (κ3) is 4.17. The van der Waals surface area contributed by atoms with Crippen LogP contribution in [0.15, 0.2) is 115 Å². The second-order valence-corrected chi connectivity index (χ2v) is 10.7. The maximum Gasteiger partial charge on any atom is 0.0434 e. The summed E-state index contributed by atoms with van der Waals surface area (Å²) in [6.07, 6.45) is 0. The van der Waals surface area contributed by atoms with Gasteiger partial charge in [0.15, 0.2) is 0 Å². The minimum absolute atomic E-state index is 1.26. The molecule has 0 saturated carbocycles. The van der Waals surface area contributed by atoms with Gasteiger partial charge in [-0.3, -0.25) is 0 Å². The SMILES string of the molecule is Cc1ccc(-c2sc(-c3ccc(C)cc3)c(-c3ccc4ccccc4c3)c2-c2ccc(C)cc2)cc1. The second kappa shape index (κ2) is 9.26. The van der Waals surface area contributed by atoms with E-state index in [1.165, 1.54) is 70.6 Å². The average molecular weight is 481 g/mol. The van der Waals surface area contributed by atoms with Gasteiger partial charge in [0.2, 0.25) is 0 Å². The van der Waals surface area contributed by atoms with E-state index in [4.69, 9.17) is 0 Å². The molecule has 0 aliphatic heterocycles. The first kappa shape index (κ1) is 22.5. The Labute approximate surface area is 217 Å². The average Bonchev–Trinajstić information content (AvgIpc) is 3.30. The Balaban J connectivity index is 1.71. The molecule has 0 amide bonds. The molecule has 6 aromatic rings. The van der Waals surface area contributed by atoms with Gasteiger partial charge in [-0.25, -0.2) is 0 Å². The Hall–Kier alpha value is -3.94. The molecule has 0 unspecified atom stereocenters. The van der Waals surface area contributed by atoms with E-state index in [0.29, 0.717) is 0 Å². The number of hydrogen-bond acceptors (Lipinski definition) is 1. The fraction of sp³-hybridized carbons (Fsp3) is 0.0857. The normalized spacial score (nSPS) is 11.2. The van der Waals surface area contributed by atoms with Crippen LogP contribution in [0, 0.1) is 20.8 Å². The predicted octanol–water partition coefficient (Wildman–Crippen LogP) is 10.5. The quantitative estimate of drug-likeness (QED) is 0.235. The second-order valence-electron chi connectivity index (χ2n) is 9.67. The molecule has 1 heterocycles. The van der Waals surface area contributed by atoms with Crippen molar-refractivity contribution in [3.63, 3.8) is 0 Å². The van der Waals surface area contributed by atoms with Gasteiger partial charge < -0.3 is 0 Å². The monoisotopic (exact) mass is 480 g/mol. The Morgan fingerprint density at radius 1 is 0.389 bits per heavy atom. The fourth-order valence-corrected chi connectivity index (χ4v) is 6.22. The number of rotatable bonds is 4. The lowest BCUT2D eigenvalue weighted by Crippen LogP contribution is -1.87. The molecule has 6 rings (SSSR count). The van der Waals surface area contributed by atoms with E-state index in [2.05, 4.69) is 136 Å². The predicted molar refractivity (Wildman–Crippen MR) is 158 cm³/mol. The minimum atomic E-state index is 1.26. The van der Waals surface area contributed by atoms with Gasteiger partial charge in [-0.1, -0.05) is 126 Å². The molecule has 1 heteroatoms. The van der Waals surface area contributed by atoms with Crippen LogP contribution in [0.5, 0.6) is 0 Å². The van der Waals surface area contributed by atoms with E-state index in [1.54, 1.807) is 0 Å². The maximum atomic E-state index is 2.35. The molecule has 0 radical (unpaired) electrons. The fourth-order valence-electron chi connectivity index (χ4n) is 4.86. The first-order valence-corrected chi connectivity index (χ1v) is 13.3. The Kier molecular flexibility index (Phi) is 5.79. The van der Waals surface area contributed by atoms with Crippen molar-refractivity contribution in [1.29, 1.82) is 0 Å². The Bertz CT molecular complexity index is 1670. The van der Waals surface area contributed by atoms with Crippen molar-refractivity contribution in [2.24, 2.45) is 0 Å². The molecular formula is C35H28S. The van der Waals surface area contributed by atoms with E-state index < -0.39 is 0 Å². The number of benzene rings is 5. The van der Waals surface area contributed by atoms with Crippen molar-refractivity contribution in [3.8, 4) is 43.1 Å². The molecule has 5 aromatic carbocycles. The highest BCUT2D eigenvalue weighted by Crippen LogP contribution is 2.52. The van der Waals surface area contributed by atoms with Crippen LogP contribution in [0.2, 0.25) is 0 Å². The summed E-state index contributed by atoms with van der Waals surface area (Å²) in [7, 11) is 0. The van der Waals surface area contributed by atoms with Gasteiger partial charge in [-0.15, -0.1) is 11.3 Å². The number of thiophene rings is 1. The Morgan fingerprint density at radius 2 is 0.806 bits per heavy atom. The molecule has 174 valence electrons. The third-order valence-corrected chi connectivity index (χ3v) is 8.20. The van der Waals surface area contributed by atoms with Crippen LogP contribution in [0.4, 0.5) is 0 Å². The number of aryl methyl sites for hydroxylation is 3. The van der Waals surface area contributed by atoms with Gasteiger partial charge in [0.05, 0.1) is 0 Å². The number of fused-ring (bicyclic) bond motifs is 1. The lowest BCUT2D eigenvalue weighted by molar-refractivity contribution is 1.46. The molecule has 0 saturated heterocycles. The summed E-state index contributed by atoms with van der Waals surface area (Å²) in [5.41, 5.74) is 11.5. The molecule has 0 nitrogen and oxygen atoms in total. The Morgan fingerprint density at radius 3 is 1.33 bits per heavy atom. The highest BCUT2D eigenvalue weighted by atomic mass is 32.1. The number of hydrogen-bond donors (Lipinski definition) is 0. The first-order chi connectivity index (χ1) is 17.6. The van der Waals surface area contributed by atoms with E-state index in [1.807, 2.05) is 11.3 Å². The lowest BCUT2D eigenvalue weighted by atomic mass is 9.90. The highest BCUT2D eigenvalue weighted by molar-refractivity contribution is 7.20. The standard InChI is InChI=1S/C35H28S/c1-23-8-14-27(15-9-23)32-33(31-21-20-26-6-4-5-7-30(26)22-31)35(29-18-12-25(3)13-19-29)36-34(32)28-16-10-24(2)11-17-28/h4-22H,1-3H3. The van der Waals surface area contributed by atoms with Crippen LogP contribution in [0.3, 0.4) is 0 Å². The smallest absolute Gasteiger partial charge is 0.0434 e. The molecule has 0 spiro atoms. The van der Waals surface area contributed by atoms with E-state index in [-0.39, 0.29) is 0 Å². The van der Waals surface area contributed by atoms with E-state index in [9.17, 15) is 0 Å². The van der Waals surface area contributed by atoms with Crippen LogP contribution in [-0.2, 0) is 0 Å². The van der Waals surface area contributed by atoms with Gasteiger partial charge in [0, 0.05) is 20.9 Å². The highest BCUT2D eigenvalue weighted by Gasteiger charge is 2.23. The zero-order valence-electron chi connectivity index (χ0n) is 20.9. The third-order valence-electron chi connectivity index (χ3n) is 6.91. The molecule has 0 N–H and O–H groups in total. The summed E-state index contributed by atoms with van der Waals surface area (Å²) in [6, 6.07) is 42.5. The van der Waals surface area contributed by atoms with Crippen molar-refractivity contribution in [2.45, 2.75) is 20.8 Å². The van der Waals surface area contributed by atoms with E-state index in [0.717, 1.165) is 0 Å². The molecular weight excluding hydrogens is 452 g/mol. The summed E-state index contributed by atoms with van der Waals surface area (Å²) < 4.78 is 0. The lowest BCUT2D eigenvalue weighted by Gasteiger charge is -2.12. The zero-order chi connectivity index (χ0) is 24.6. The summed E-state index contributed by atoms with van der Waals surface area (Å²) in [6.45, 7) is 6.45. The van der Waals surface area contributed by atoms with Crippen molar-refractivity contribution in [3.05, 3.63) is 132 Å². The van der Waals surface area contributed by atoms with Gasteiger partial charge in [0.1, 0.15) is 0 Å². The van der Waals surface area contributed by atoms with Crippen LogP contribution < -0.4 is 0 Å². The van der Waals surface area contributed by atoms with Gasteiger partial charge in [-0.2, -0.15) is 0 Å². The zero-order valence-corrected chi connectivity index (χ0v) is 21.7. The summed E-state index contributed by atoms with van der Waals surface area (Å²) in [5.74, 6) is 0. The molecule has 0 atom stereocenters. The van der Waals surface area contributed by atoms with Gasteiger partial charge in [0.25, 0.3) is 0 Å². The van der Waals surface area contributed by atoms with Crippen molar-refractivity contribution < 1.29 is 0 Å². The largest absolute Gasteiger partial charge is 0.134 e. The van der Waals surface area contributed by atoms with Crippen LogP contribution in [0.1, 0.15) is 16.7 Å². The van der Waals surface area contributed by atoms with Crippen LogP contribution in [0.25, 0.3) is 53.9 Å². The minimum Gasteiger partial charge on any atom is -0.134 e. The molecule has 0 aliphatic rings. The van der Waals surface area contributed by atoms with Gasteiger partial charge >= 0.3 is 0 Å². The molecule has 1 aromatic heterocycles. The van der Waals surface area contributed by atoms with Gasteiger partial charge in [-0.05, 0) is 59.9 Å². The van der Waals surface area contributed by atoms with E-state index >= 15 is 0 Å². The summed E-state index contributed by atoms with van der Waals surface area (Å²) in [5, 5.41) is 2.53.